The van der Waals surface area contributed by atoms with Gasteiger partial charge in [-0.3, -0.25) is 4.79 Å². The summed E-state index contributed by atoms with van der Waals surface area (Å²) in [5.74, 6) is -1.16. The molecule has 0 spiro atoms. The van der Waals surface area contributed by atoms with Crippen LogP contribution < -0.4 is 0 Å². The molecule has 1 aromatic heterocycles. The number of nitrogens with zero attached hydrogens (tertiary/aromatic N) is 2. The summed E-state index contributed by atoms with van der Waals surface area (Å²) in [5, 5.41) is 10.3. The summed E-state index contributed by atoms with van der Waals surface area (Å²) in [6, 6.07) is 12.1. The van der Waals surface area contributed by atoms with Crippen molar-refractivity contribution >= 4 is 17.5 Å². The summed E-state index contributed by atoms with van der Waals surface area (Å²) >= 11 is 1.13. The Morgan fingerprint density at radius 3 is 2.36 bits per heavy atom. The first-order valence-corrected chi connectivity index (χ1v) is 9.63. The monoisotopic (exact) mass is 402 g/mol. The number of aliphatic hydroxyl groups is 1. The van der Waals surface area contributed by atoms with Gasteiger partial charge in [-0.1, -0.05) is 55.9 Å². The van der Waals surface area contributed by atoms with Gasteiger partial charge in [-0.05, 0) is 18.1 Å². The fraction of sp³-hybridized carbons (Fsp3) is 0.238. The summed E-state index contributed by atoms with van der Waals surface area (Å²) < 4.78 is 28.9. The van der Waals surface area contributed by atoms with Gasteiger partial charge in [-0.2, -0.15) is 0 Å². The highest BCUT2D eigenvalue weighted by Gasteiger charge is 2.22. The molecule has 3 rings (SSSR count). The Labute approximate surface area is 166 Å². The van der Waals surface area contributed by atoms with E-state index in [4.69, 9.17) is 0 Å². The van der Waals surface area contributed by atoms with Crippen LogP contribution in [0.3, 0.4) is 0 Å². The lowest BCUT2D eigenvalue weighted by atomic mass is 10.1. The van der Waals surface area contributed by atoms with Crippen LogP contribution in [0.4, 0.5) is 8.78 Å². The first-order valence-electron chi connectivity index (χ1n) is 8.81. The number of hydrogen-bond donors (Lipinski definition) is 1. The standard InChI is InChI=1S/C21H20F2N2O2S/c1-13(2)20-21(28-17-9-15(22)8-16(23)10-17)25(19(12-26)24-20)11-18(27)14-6-4-3-5-7-14/h3-10,13,26H,11-12H2,1-2H3. The third-order valence-corrected chi connectivity index (χ3v) is 5.26. The van der Waals surface area contributed by atoms with Crippen LogP contribution in [0.5, 0.6) is 0 Å². The predicted molar refractivity (Wildman–Crippen MR) is 103 cm³/mol. The molecule has 0 fully saturated rings. The maximum absolute atomic E-state index is 13.6. The first-order chi connectivity index (χ1) is 13.4. The van der Waals surface area contributed by atoms with E-state index < -0.39 is 11.6 Å². The molecule has 0 saturated heterocycles. The van der Waals surface area contributed by atoms with Crippen molar-refractivity contribution in [1.29, 1.82) is 0 Å². The number of rotatable bonds is 7. The van der Waals surface area contributed by atoms with Gasteiger partial charge in [0.25, 0.3) is 0 Å². The lowest BCUT2D eigenvalue weighted by molar-refractivity contribution is 0.0966. The number of benzene rings is 2. The first kappa shape index (κ1) is 20.2. The van der Waals surface area contributed by atoms with Crippen molar-refractivity contribution in [3.63, 3.8) is 0 Å². The van der Waals surface area contributed by atoms with E-state index in [-0.39, 0.29) is 24.9 Å². The molecule has 0 aliphatic rings. The van der Waals surface area contributed by atoms with E-state index in [2.05, 4.69) is 4.98 Å². The molecule has 0 aliphatic carbocycles. The molecule has 0 atom stereocenters. The minimum atomic E-state index is -0.678. The molecule has 1 N–H and O–H groups in total. The Hall–Kier alpha value is -2.51. The minimum absolute atomic E-state index is 0.000663. The maximum Gasteiger partial charge on any atom is 0.182 e. The fourth-order valence-corrected chi connectivity index (χ4v) is 4.06. The number of aliphatic hydroxyl groups excluding tert-OH is 1. The highest BCUT2D eigenvalue weighted by Crippen LogP contribution is 2.35. The van der Waals surface area contributed by atoms with Crippen molar-refractivity contribution in [2.75, 3.05) is 0 Å². The van der Waals surface area contributed by atoms with E-state index in [0.717, 1.165) is 17.8 Å². The summed E-state index contributed by atoms with van der Waals surface area (Å²) in [4.78, 5) is 17.5. The number of carbonyl (C=O) groups is 1. The third-order valence-electron chi connectivity index (χ3n) is 4.16. The van der Waals surface area contributed by atoms with Gasteiger partial charge >= 0.3 is 0 Å². The highest BCUT2D eigenvalue weighted by atomic mass is 32.2. The number of hydrogen-bond acceptors (Lipinski definition) is 4. The molecule has 28 heavy (non-hydrogen) atoms. The Balaban J connectivity index is 2.03. The Kier molecular flexibility index (Phi) is 6.26. The van der Waals surface area contributed by atoms with Crippen molar-refractivity contribution in [2.45, 2.75) is 42.8 Å². The van der Waals surface area contributed by atoms with Crippen LogP contribution in [0.25, 0.3) is 0 Å². The molecule has 0 saturated carbocycles. The lowest BCUT2D eigenvalue weighted by Crippen LogP contribution is -2.14. The van der Waals surface area contributed by atoms with Gasteiger partial charge in [-0.25, -0.2) is 13.8 Å². The van der Waals surface area contributed by atoms with E-state index in [9.17, 15) is 18.7 Å². The van der Waals surface area contributed by atoms with Crippen molar-refractivity contribution in [1.82, 2.24) is 9.55 Å². The molecule has 0 aliphatic heterocycles. The molecule has 0 bridgehead atoms. The topological polar surface area (TPSA) is 55.1 Å². The third kappa shape index (κ3) is 4.48. The summed E-state index contributed by atoms with van der Waals surface area (Å²) in [6.45, 7) is 3.49. The zero-order chi connectivity index (χ0) is 20.3. The Morgan fingerprint density at radius 2 is 1.79 bits per heavy atom. The largest absolute Gasteiger partial charge is 0.388 e. The van der Waals surface area contributed by atoms with E-state index >= 15 is 0 Å². The SMILES string of the molecule is CC(C)c1nc(CO)n(CC(=O)c2ccccc2)c1Sc1cc(F)cc(F)c1. The van der Waals surface area contributed by atoms with Gasteiger partial charge in [0, 0.05) is 16.5 Å². The van der Waals surface area contributed by atoms with Crippen LogP contribution in [0.2, 0.25) is 0 Å². The van der Waals surface area contributed by atoms with E-state index in [1.54, 1.807) is 28.8 Å². The fourth-order valence-electron chi connectivity index (χ4n) is 2.83. The van der Waals surface area contributed by atoms with Gasteiger partial charge < -0.3 is 9.67 Å². The maximum atomic E-state index is 13.6. The molecule has 0 amide bonds. The normalized spacial score (nSPS) is 11.2. The quantitative estimate of drug-likeness (QED) is 0.576. The Bertz CT molecular complexity index is 967. The Morgan fingerprint density at radius 1 is 1.14 bits per heavy atom. The second-order valence-corrected chi connectivity index (χ2v) is 7.68. The van der Waals surface area contributed by atoms with Crippen LogP contribution in [-0.4, -0.2) is 20.4 Å². The van der Waals surface area contributed by atoms with Gasteiger partial charge in [0.15, 0.2) is 5.78 Å². The van der Waals surface area contributed by atoms with Gasteiger partial charge in [-0.15, -0.1) is 0 Å². The average Bonchev–Trinajstić information content (AvgIpc) is 2.99. The molecule has 2 aromatic carbocycles. The molecular weight excluding hydrogens is 382 g/mol. The van der Waals surface area contributed by atoms with E-state index in [0.29, 0.717) is 27.0 Å². The molecule has 146 valence electrons. The zero-order valence-corrected chi connectivity index (χ0v) is 16.3. The van der Waals surface area contributed by atoms with E-state index in [1.165, 1.54) is 12.1 Å². The molecular formula is C21H20F2N2O2S. The molecule has 4 nitrogen and oxygen atoms in total. The second-order valence-electron chi connectivity index (χ2n) is 6.61. The van der Waals surface area contributed by atoms with Gasteiger partial charge in [0.1, 0.15) is 29.1 Å². The van der Waals surface area contributed by atoms with Gasteiger partial charge in [0.2, 0.25) is 0 Å². The van der Waals surface area contributed by atoms with Crippen LogP contribution in [0, 0.1) is 11.6 Å². The van der Waals surface area contributed by atoms with Crippen molar-refractivity contribution in [2.24, 2.45) is 0 Å². The molecule has 7 heteroatoms. The smallest absolute Gasteiger partial charge is 0.182 e. The van der Waals surface area contributed by atoms with Crippen molar-refractivity contribution in [3.8, 4) is 0 Å². The number of carbonyl (C=O) groups excluding carboxylic acids is 1. The highest BCUT2D eigenvalue weighted by molar-refractivity contribution is 7.99. The zero-order valence-electron chi connectivity index (χ0n) is 15.5. The van der Waals surface area contributed by atoms with E-state index in [1.807, 2.05) is 19.9 Å². The van der Waals surface area contributed by atoms with Crippen molar-refractivity contribution < 1.29 is 18.7 Å². The predicted octanol–water partition coefficient (Wildman–Crippen LogP) is 4.81. The molecule has 0 unspecified atom stereocenters. The van der Waals surface area contributed by atoms with Crippen molar-refractivity contribution in [3.05, 3.63) is 77.2 Å². The molecule has 3 aromatic rings. The summed E-state index contributed by atoms with van der Waals surface area (Å²) in [5.41, 5.74) is 1.21. The number of halogens is 2. The van der Waals surface area contributed by atoms with Crippen LogP contribution >= 0.6 is 11.8 Å². The van der Waals surface area contributed by atoms with Crippen LogP contribution in [0.1, 0.15) is 41.6 Å². The lowest BCUT2D eigenvalue weighted by Gasteiger charge is -2.12. The number of imidazole rings is 1. The van der Waals surface area contributed by atoms with Crippen LogP contribution in [-0.2, 0) is 13.2 Å². The second kappa shape index (κ2) is 8.67. The van der Waals surface area contributed by atoms with Gasteiger partial charge in [0.05, 0.1) is 12.2 Å². The minimum Gasteiger partial charge on any atom is -0.388 e. The number of ketones is 1. The molecule has 1 heterocycles. The summed E-state index contributed by atoms with van der Waals surface area (Å²) in [7, 11) is 0. The van der Waals surface area contributed by atoms with Crippen LogP contribution in [0.15, 0.2) is 58.5 Å². The molecule has 0 radical (unpaired) electrons. The average molecular weight is 402 g/mol. The number of Topliss-reactive ketones (excluding diaryl/α,β-unsaturated/α-hetero) is 1. The number of aromatic nitrogens is 2. The summed E-state index contributed by atoms with van der Waals surface area (Å²) in [6.07, 6.45) is 0.